The van der Waals surface area contributed by atoms with Crippen LogP contribution in [0.5, 0.6) is 0 Å². The summed E-state index contributed by atoms with van der Waals surface area (Å²) in [5, 5.41) is 15.4. The lowest BCUT2D eigenvalue weighted by Gasteiger charge is -2.02. The molecule has 0 aliphatic carbocycles. The third-order valence-corrected chi connectivity index (χ3v) is 1.78. The van der Waals surface area contributed by atoms with Gasteiger partial charge in [-0.3, -0.25) is 9.59 Å². The van der Waals surface area contributed by atoms with Gasteiger partial charge in [0.25, 0.3) is 0 Å². The number of aliphatic carboxylic acids is 2. The molecule has 0 spiro atoms. The lowest BCUT2D eigenvalue weighted by Crippen LogP contribution is -2.03. The van der Waals surface area contributed by atoms with Crippen LogP contribution in [-0.4, -0.2) is 22.2 Å². The molecule has 0 aliphatic rings. The van der Waals surface area contributed by atoms with Gasteiger partial charge in [0.2, 0.25) is 0 Å². The van der Waals surface area contributed by atoms with Crippen LogP contribution in [-0.2, 0) is 9.59 Å². The fourth-order valence-corrected chi connectivity index (χ4v) is 0.826. The zero-order valence-electron chi connectivity index (χ0n) is 9.12. The molecule has 1 atom stereocenters. The third kappa shape index (κ3) is 17.1. The maximum atomic E-state index is 9.43. The van der Waals surface area contributed by atoms with E-state index in [4.69, 9.17) is 10.2 Å². The number of rotatable bonds is 5. The summed E-state index contributed by atoms with van der Waals surface area (Å²) >= 11 is 0. The van der Waals surface area contributed by atoms with Crippen molar-refractivity contribution in [2.75, 3.05) is 0 Å². The van der Waals surface area contributed by atoms with E-state index in [-0.39, 0.29) is 0 Å². The van der Waals surface area contributed by atoms with E-state index < -0.39 is 18.4 Å². The second-order valence-electron chi connectivity index (χ2n) is 3.27. The van der Waals surface area contributed by atoms with E-state index in [1.165, 1.54) is 19.3 Å². The van der Waals surface area contributed by atoms with Gasteiger partial charge in [-0.15, -0.1) is 0 Å². The molecule has 0 aromatic rings. The number of carboxylic acids is 2. The smallest absolute Gasteiger partial charge is 0.314 e. The molecule has 0 aliphatic heterocycles. The molecular formula is C10H20O4. The van der Waals surface area contributed by atoms with Gasteiger partial charge in [0.1, 0.15) is 6.42 Å². The molecule has 0 saturated carbocycles. The van der Waals surface area contributed by atoms with E-state index in [2.05, 4.69) is 20.8 Å². The Morgan fingerprint density at radius 1 is 1.14 bits per heavy atom. The summed E-state index contributed by atoms with van der Waals surface area (Å²) in [6.45, 7) is 6.80. The van der Waals surface area contributed by atoms with Crippen LogP contribution in [0.4, 0.5) is 0 Å². The largest absolute Gasteiger partial charge is 0.481 e. The second-order valence-corrected chi connectivity index (χ2v) is 3.27. The van der Waals surface area contributed by atoms with Crippen molar-refractivity contribution in [3.05, 3.63) is 0 Å². The Morgan fingerprint density at radius 2 is 1.57 bits per heavy atom. The summed E-state index contributed by atoms with van der Waals surface area (Å²) < 4.78 is 0. The van der Waals surface area contributed by atoms with Crippen molar-refractivity contribution in [2.24, 2.45) is 5.92 Å². The van der Waals surface area contributed by atoms with Crippen molar-refractivity contribution in [1.82, 2.24) is 0 Å². The van der Waals surface area contributed by atoms with E-state index in [9.17, 15) is 9.59 Å². The summed E-state index contributed by atoms with van der Waals surface area (Å²) in [6, 6.07) is 0. The highest BCUT2D eigenvalue weighted by atomic mass is 16.4. The van der Waals surface area contributed by atoms with Crippen LogP contribution in [0, 0.1) is 5.92 Å². The van der Waals surface area contributed by atoms with E-state index in [0.29, 0.717) is 0 Å². The molecule has 1 unspecified atom stereocenters. The summed E-state index contributed by atoms with van der Waals surface area (Å²) in [4.78, 5) is 18.9. The Balaban J connectivity index is 0. The lowest BCUT2D eigenvalue weighted by molar-refractivity contribution is -0.147. The number of carboxylic acid groups (broad SMARTS) is 2. The molecule has 0 fully saturated rings. The van der Waals surface area contributed by atoms with Crippen LogP contribution < -0.4 is 0 Å². The molecule has 0 heterocycles. The van der Waals surface area contributed by atoms with Crippen molar-refractivity contribution in [1.29, 1.82) is 0 Å². The van der Waals surface area contributed by atoms with Crippen molar-refractivity contribution in [2.45, 2.75) is 46.5 Å². The van der Waals surface area contributed by atoms with E-state index in [0.717, 1.165) is 5.92 Å². The first kappa shape index (κ1) is 15.4. The summed E-state index contributed by atoms with van der Waals surface area (Å²) in [5.74, 6) is -1.68. The molecule has 4 nitrogen and oxygen atoms in total. The van der Waals surface area contributed by atoms with Gasteiger partial charge in [-0.25, -0.2) is 0 Å². The number of hydrogen-bond donors (Lipinski definition) is 2. The second kappa shape index (κ2) is 10.0. The molecule has 0 aromatic heterocycles. The first-order valence-corrected chi connectivity index (χ1v) is 4.87. The van der Waals surface area contributed by atoms with Gasteiger partial charge in [0, 0.05) is 0 Å². The quantitative estimate of drug-likeness (QED) is 0.674. The van der Waals surface area contributed by atoms with Crippen LogP contribution in [0.3, 0.4) is 0 Å². The van der Waals surface area contributed by atoms with Gasteiger partial charge in [-0.2, -0.15) is 0 Å². The van der Waals surface area contributed by atoms with Gasteiger partial charge in [0.05, 0.1) is 0 Å². The normalized spacial score (nSPS) is 11.1. The third-order valence-electron chi connectivity index (χ3n) is 1.78. The highest BCUT2D eigenvalue weighted by Gasteiger charge is 2.01. The van der Waals surface area contributed by atoms with Crippen molar-refractivity contribution < 1.29 is 19.8 Å². The van der Waals surface area contributed by atoms with Crippen LogP contribution in [0.2, 0.25) is 0 Å². The summed E-state index contributed by atoms with van der Waals surface area (Å²) in [5.41, 5.74) is 0. The van der Waals surface area contributed by atoms with Crippen molar-refractivity contribution >= 4 is 11.9 Å². The van der Waals surface area contributed by atoms with Crippen molar-refractivity contribution in [3.63, 3.8) is 0 Å². The standard InChI is InChI=1S/C7H16.C3H4O4/c1-4-6-7(3)5-2;4-2(5)1-3(6)7/h7H,4-6H2,1-3H3;1H2,(H,4,5)(H,6,7). The molecule has 14 heavy (non-hydrogen) atoms. The van der Waals surface area contributed by atoms with Gasteiger partial charge >= 0.3 is 11.9 Å². The average Bonchev–Trinajstić information content (AvgIpc) is 2.03. The molecule has 0 bridgehead atoms. The van der Waals surface area contributed by atoms with Gasteiger partial charge in [-0.1, -0.05) is 40.0 Å². The van der Waals surface area contributed by atoms with Crippen LogP contribution >= 0.6 is 0 Å². The fraction of sp³-hybridized carbons (Fsp3) is 0.800. The Morgan fingerprint density at radius 3 is 1.64 bits per heavy atom. The number of hydrogen-bond acceptors (Lipinski definition) is 2. The highest BCUT2D eigenvalue weighted by Crippen LogP contribution is 2.07. The van der Waals surface area contributed by atoms with Crippen molar-refractivity contribution in [3.8, 4) is 0 Å². The molecule has 0 amide bonds. The first-order chi connectivity index (χ1) is 6.43. The average molecular weight is 204 g/mol. The highest BCUT2D eigenvalue weighted by molar-refractivity contribution is 5.88. The first-order valence-electron chi connectivity index (χ1n) is 4.87. The van der Waals surface area contributed by atoms with Gasteiger partial charge < -0.3 is 10.2 Å². The molecule has 0 saturated heterocycles. The minimum Gasteiger partial charge on any atom is -0.481 e. The summed E-state index contributed by atoms with van der Waals surface area (Å²) in [6.07, 6.45) is 3.28. The molecule has 0 rings (SSSR count). The predicted molar refractivity (Wildman–Crippen MR) is 54.3 cm³/mol. The van der Waals surface area contributed by atoms with E-state index in [1.807, 2.05) is 0 Å². The number of carbonyl (C=O) groups is 2. The SMILES string of the molecule is CCCC(C)CC.O=C(O)CC(=O)O. The van der Waals surface area contributed by atoms with E-state index >= 15 is 0 Å². The maximum absolute atomic E-state index is 9.43. The zero-order chi connectivity index (χ0) is 11.6. The molecule has 0 aromatic carbocycles. The molecule has 84 valence electrons. The Hall–Kier alpha value is -1.06. The van der Waals surface area contributed by atoms with E-state index in [1.54, 1.807) is 0 Å². The van der Waals surface area contributed by atoms with Crippen LogP contribution in [0.25, 0.3) is 0 Å². The Labute approximate surface area is 84.9 Å². The molecule has 4 heteroatoms. The minimum atomic E-state index is -1.31. The topological polar surface area (TPSA) is 74.6 Å². The fourth-order valence-electron chi connectivity index (χ4n) is 0.826. The van der Waals surface area contributed by atoms with Crippen LogP contribution in [0.1, 0.15) is 46.5 Å². The van der Waals surface area contributed by atoms with Crippen LogP contribution in [0.15, 0.2) is 0 Å². The van der Waals surface area contributed by atoms with Gasteiger partial charge in [0.15, 0.2) is 0 Å². The van der Waals surface area contributed by atoms with Gasteiger partial charge in [-0.05, 0) is 5.92 Å². The Kier molecular flexibility index (Phi) is 11.0. The predicted octanol–water partition coefficient (Wildman–Crippen LogP) is 2.38. The summed E-state index contributed by atoms with van der Waals surface area (Å²) in [7, 11) is 0. The molecular weight excluding hydrogens is 184 g/mol. The molecule has 0 radical (unpaired) electrons. The molecule has 2 N–H and O–H groups in total. The Bertz CT molecular complexity index is 154. The zero-order valence-corrected chi connectivity index (χ0v) is 9.12. The lowest BCUT2D eigenvalue weighted by atomic mass is 10.0. The monoisotopic (exact) mass is 204 g/mol. The maximum Gasteiger partial charge on any atom is 0.314 e. The minimum absolute atomic E-state index is 0.806.